The first-order chi connectivity index (χ1) is 11.7. The molecule has 2 aliphatic rings. The quantitative estimate of drug-likeness (QED) is 0.737. The van der Waals surface area contributed by atoms with Crippen LogP contribution in [0.25, 0.3) is 5.57 Å². The second-order valence-corrected chi connectivity index (χ2v) is 7.14. The molecule has 1 fully saturated rings. The molecule has 0 aromatic heterocycles. The van der Waals surface area contributed by atoms with Crippen LogP contribution in [0.3, 0.4) is 0 Å². The molecule has 1 nitrogen and oxygen atoms in total. The number of piperidine rings is 1. The zero-order chi connectivity index (χ0) is 16.5. The van der Waals surface area contributed by atoms with E-state index in [4.69, 9.17) is 0 Å². The highest BCUT2D eigenvalue weighted by molar-refractivity contribution is 5.70. The lowest BCUT2D eigenvalue weighted by Crippen LogP contribution is -2.47. The maximum atomic E-state index is 14.4. The Labute approximate surface area is 143 Å². The van der Waals surface area contributed by atoms with E-state index in [0.29, 0.717) is 12.1 Å². The maximum Gasteiger partial charge on any atom is 0.130 e. The van der Waals surface area contributed by atoms with E-state index in [1.165, 1.54) is 30.4 Å². The van der Waals surface area contributed by atoms with Crippen molar-refractivity contribution in [1.82, 2.24) is 4.90 Å². The summed E-state index contributed by atoms with van der Waals surface area (Å²) in [5, 5.41) is 0. The van der Waals surface area contributed by atoms with Crippen molar-refractivity contribution in [2.45, 2.75) is 51.2 Å². The number of halogens is 1. The Morgan fingerprint density at radius 2 is 1.88 bits per heavy atom. The molecule has 0 amide bonds. The first kappa shape index (κ1) is 15.6. The Kier molecular flexibility index (Phi) is 4.24. The standard InChI is InChI=1S/C22H24FN/c1-16-7-5-12-21(23)22(16)18-13-19-10-6-11-20(14-18)24(19)15-17-8-3-2-4-9-17/h2-5,7-9,12-13,19-20H,6,10-11,14-15H2,1H3. The van der Waals surface area contributed by atoms with E-state index in [-0.39, 0.29) is 5.82 Å². The molecule has 24 heavy (non-hydrogen) atoms. The second-order valence-electron chi connectivity index (χ2n) is 7.14. The average Bonchev–Trinajstić information content (AvgIpc) is 2.56. The lowest BCUT2D eigenvalue weighted by atomic mass is 9.81. The van der Waals surface area contributed by atoms with Gasteiger partial charge in [-0.15, -0.1) is 0 Å². The van der Waals surface area contributed by atoms with Crippen LogP contribution in [-0.2, 0) is 6.54 Å². The monoisotopic (exact) mass is 321 g/mol. The number of hydrogen-bond donors (Lipinski definition) is 0. The number of rotatable bonds is 3. The van der Waals surface area contributed by atoms with Crippen LogP contribution in [0.15, 0.2) is 54.6 Å². The lowest BCUT2D eigenvalue weighted by Gasteiger charge is -2.45. The minimum Gasteiger partial charge on any atom is -0.289 e. The smallest absolute Gasteiger partial charge is 0.130 e. The third-order valence-electron chi connectivity index (χ3n) is 5.53. The van der Waals surface area contributed by atoms with E-state index < -0.39 is 0 Å². The fraction of sp³-hybridized carbons (Fsp3) is 0.364. The second kappa shape index (κ2) is 6.52. The van der Waals surface area contributed by atoms with E-state index >= 15 is 0 Å². The summed E-state index contributed by atoms with van der Waals surface area (Å²) >= 11 is 0. The van der Waals surface area contributed by atoms with Gasteiger partial charge in [0.25, 0.3) is 0 Å². The molecule has 4 rings (SSSR count). The summed E-state index contributed by atoms with van der Waals surface area (Å²) in [4.78, 5) is 2.62. The lowest BCUT2D eigenvalue weighted by molar-refractivity contribution is 0.0950. The normalized spacial score (nSPS) is 23.8. The fourth-order valence-electron chi connectivity index (χ4n) is 4.38. The number of benzene rings is 2. The zero-order valence-electron chi connectivity index (χ0n) is 14.2. The highest BCUT2D eigenvalue weighted by Gasteiger charge is 2.34. The number of aryl methyl sites for hydroxylation is 1. The van der Waals surface area contributed by atoms with E-state index in [0.717, 1.165) is 24.1 Å². The van der Waals surface area contributed by atoms with E-state index in [1.807, 2.05) is 13.0 Å². The van der Waals surface area contributed by atoms with Gasteiger partial charge in [0.15, 0.2) is 0 Å². The van der Waals surface area contributed by atoms with Gasteiger partial charge in [-0.05, 0) is 49.0 Å². The first-order valence-corrected chi connectivity index (χ1v) is 8.98. The predicted molar refractivity (Wildman–Crippen MR) is 97.1 cm³/mol. The van der Waals surface area contributed by atoms with Gasteiger partial charge in [0.2, 0.25) is 0 Å². The van der Waals surface area contributed by atoms with Crippen LogP contribution < -0.4 is 0 Å². The van der Waals surface area contributed by atoms with Gasteiger partial charge in [0.1, 0.15) is 5.82 Å². The molecule has 2 aromatic carbocycles. The van der Waals surface area contributed by atoms with Crippen molar-refractivity contribution < 1.29 is 4.39 Å². The third-order valence-corrected chi connectivity index (χ3v) is 5.53. The molecular formula is C22H24FN. The maximum absolute atomic E-state index is 14.4. The Balaban J connectivity index is 1.65. The summed E-state index contributed by atoms with van der Waals surface area (Å²) in [5.74, 6) is -0.0733. The molecular weight excluding hydrogens is 297 g/mol. The summed E-state index contributed by atoms with van der Waals surface area (Å²) < 4.78 is 14.4. The topological polar surface area (TPSA) is 3.24 Å². The average molecular weight is 321 g/mol. The van der Waals surface area contributed by atoms with Crippen LogP contribution in [0.1, 0.15) is 42.4 Å². The summed E-state index contributed by atoms with van der Waals surface area (Å²) in [6.07, 6.45) is 6.98. The van der Waals surface area contributed by atoms with Crippen molar-refractivity contribution in [2.24, 2.45) is 0 Å². The van der Waals surface area contributed by atoms with Crippen molar-refractivity contribution in [3.05, 3.63) is 77.1 Å². The van der Waals surface area contributed by atoms with Gasteiger partial charge in [-0.2, -0.15) is 0 Å². The van der Waals surface area contributed by atoms with Gasteiger partial charge in [-0.1, -0.05) is 55.0 Å². The van der Waals surface area contributed by atoms with Gasteiger partial charge in [-0.3, -0.25) is 4.90 Å². The van der Waals surface area contributed by atoms with Crippen LogP contribution in [0.4, 0.5) is 4.39 Å². The molecule has 0 spiro atoms. The fourth-order valence-corrected chi connectivity index (χ4v) is 4.38. The number of hydrogen-bond acceptors (Lipinski definition) is 1. The van der Waals surface area contributed by atoms with Crippen molar-refractivity contribution >= 4 is 5.57 Å². The van der Waals surface area contributed by atoms with Crippen LogP contribution in [0.2, 0.25) is 0 Å². The highest BCUT2D eigenvalue weighted by Crippen LogP contribution is 2.39. The first-order valence-electron chi connectivity index (χ1n) is 8.98. The van der Waals surface area contributed by atoms with Gasteiger partial charge < -0.3 is 0 Å². The minimum absolute atomic E-state index is 0.0733. The molecule has 0 aliphatic carbocycles. The van der Waals surface area contributed by atoms with Crippen molar-refractivity contribution in [3.8, 4) is 0 Å². The van der Waals surface area contributed by atoms with Gasteiger partial charge in [0.05, 0.1) is 0 Å². The predicted octanol–water partition coefficient (Wildman–Crippen LogP) is 5.34. The number of fused-ring (bicyclic) bond motifs is 2. The molecule has 2 heteroatoms. The SMILES string of the molecule is Cc1cccc(F)c1C1=CC2CCCC(C1)N2Cc1ccccc1. The molecule has 2 heterocycles. The van der Waals surface area contributed by atoms with Crippen LogP contribution in [0, 0.1) is 12.7 Å². The van der Waals surface area contributed by atoms with Crippen LogP contribution in [-0.4, -0.2) is 17.0 Å². The van der Waals surface area contributed by atoms with E-state index in [9.17, 15) is 4.39 Å². The number of nitrogens with zero attached hydrogens (tertiary/aromatic N) is 1. The molecule has 2 aliphatic heterocycles. The van der Waals surface area contributed by atoms with Gasteiger partial charge in [-0.25, -0.2) is 4.39 Å². The van der Waals surface area contributed by atoms with Gasteiger partial charge >= 0.3 is 0 Å². The minimum atomic E-state index is -0.0733. The summed E-state index contributed by atoms with van der Waals surface area (Å²) in [5.41, 5.74) is 4.47. The molecule has 2 atom stereocenters. The van der Waals surface area contributed by atoms with Crippen molar-refractivity contribution in [1.29, 1.82) is 0 Å². The Morgan fingerprint density at radius 1 is 1.04 bits per heavy atom. The molecule has 1 saturated heterocycles. The third kappa shape index (κ3) is 2.91. The van der Waals surface area contributed by atoms with Crippen LogP contribution >= 0.6 is 0 Å². The summed E-state index contributed by atoms with van der Waals surface area (Å²) in [6.45, 7) is 3.02. The van der Waals surface area contributed by atoms with Crippen molar-refractivity contribution in [2.75, 3.05) is 0 Å². The Morgan fingerprint density at radius 3 is 2.62 bits per heavy atom. The molecule has 2 bridgehead atoms. The largest absolute Gasteiger partial charge is 0.289 e. The molecule has 2 aromatic rings. The summed E-state index contributed by atoms with van der Waals surface area (Å²) in [6, 6.07) is 17.1. The molecule has 124 valence electrons. The Bertz CT molecular complexity index is 730. The molecule has 0 saturated carbocycles. The zero-order valence-corrected chi connectivity index (χ0v) is 14.2. The summed E-state index contributed by atoms with van der Waals surface area (Å²) in [7, 11) is 0. The van der Waals surface area contributed by atoms with Gasteiger partial charge in [0, 0.05) is 24.2 Å². The van der Waals surface area contributed by atoms with Crippen molar-refractivity contribution in [3.63, 3.8) is 0 Å². The molecule has 0 radical (unpaired) electrons. The highest BCUT2D eigenvalue weighted by atomic mass is 19.1. The molecule has 2 unspecified atom stereocenters. The molecule has 0 N–H and O–H groups in total. The van der Waals surface area contributed by atoms with Crippen LogP contribution in [0.5, 0.6) is 0 Å². The van der Waals surface area contributed by atoms with E-state index in [2.05, 4.69) is 41.3 Å². The Hall–Kier alpha value is -1.93. The van der Waals surface area contributed by atoms with E-state index in [1.54, 1.807) is 12.1 Å².